The van der Waals surface area contributed by atoms with E-state index in [2.05, 4.69) is 36.2 Å². The Balaban J connectivity index is 1.66. The first-order chi connectivity index (χ1) is 13.8. The Kier molecular flexibility index (Phi) is 6.64. The SMILES string of the molecule is C[C@@H]1CN(c2cccc([C@H](C)NC(=O)C=Cc3cccc(F)c3F)c2)C[C@H](C)O1. The molecule has 29 heavy (non-hydrogen) atoms. The van der Waals surface area contributed by atoms with E-state index in [1.54, 1.807) is 0 Å². The lowest BCUT2D eigenvalue weighted by Crippen LogP contribution is -2.45. The second kappa shape index (κ2) is 9.18. The summed E-state index contributed by atoms with van der Waals surface area (Å²) in [5, 5.41) is 2.86. The molecule has 0 radical (unpaired) electrons. The second-order valence-electron chi connectivity index (χ2n) is 7.46. The largest absolute Gasteiger partial charge is 0.372 e. The van der Waals surface area contributed by atoms with Gasteiger partial charge in [-0.3, -0.25) is 4.79 Å². The van der Waals surface area contributed by atoms with E-state index in [0.717, 1.165) is 30.4 Å². The van der Waals surface area contributed by atoms with Gasteiger partial charge in [0.05, 0.1) is 18.2 Å². The normalized spacial score (nSPS) is 20.7. The van der Waals surface area contributed by atoms with E-state index < -0.39 is 11.6 Å². The van der Waals surface area contributed by atoms with Gasteiger partial charge in [0.1, 0.15) is 0 Å². The third-order valence-corrected chi connectivity index (χ3v) is 4.91. The van der Waals surface area contributed by atoms with Crippen LogP contribution in [0.1, 0.15) is 37.9 Å². The summed E-state index contributed by atoms with van der Waals surface area (Å²) in [4.78, 5) is 14.5. The zero-order chi connectivity index (χ0) is 21.0. The zero-order valence-corrected chi connectivity index (χ0v) is 16.9. The van der Waals surface area contributed by atoms with Gasteiger partial charge in [0.25, 0.3) is 0 Å². The van der Waals surface area contributed by atoms with Crippen LogP contribution >= 0.6 is 0 Å². The fourth-order valence-electron chi connectivity index (χ4n) is 3.54. The monoisotopic (exact) mass is 400 g/mol. The minimum atomic E-state index is -0.966. The molecule has 6 heteroatoms. The Morgan fingerprint density at radius 2 is 1.86 bits per heavy atom. The summed E-state index contributed by atoms with van der Waals surface area (Å²) >= 11 is 0. The van der Waals surface area contributed by atoms with Crippen molar-refractivity contribution < 1.29 is 18.3 Å². The minimum absolute atomic E-state index is 0.0327. The lowest BCUT2D eigenvalue weighted by molar-refractivity contribution is -0.117. The van der Waals surface area contributed by atoms with Gasteiger partial charge in [-0.25, -0.2) is 8.78 Å². The number of nitrogens with one attached hydrogen (secondary N) is 1. The fraction of sp³-hybridized carbons (Fsp3) is 0.348. The van der Waals surface area contributed by atoms with Crippen molar-refractivity contribution in [2.24, 2.45) is 0 Å². The van der Waals surface area contributed by atoms with Crippen molar-refractivity contribution in [1.82, 2.24) is 5.32 Å². The Labute approximate surface area is 170 Å². The first kappa shape index (κ1) is 21.0. The van der Waals surface area contributed by atoms with Crippen molar-refractivity contribution in [3.63, 3.8) is 0 Å². The molecule has 4 nitrogen and oxygen atoms in total. The van der Waals surface area contributed by atoms with E-state index in [1.165, 1.54) is 24.3 Å². The van der Waals surface area contributed by atoms with E-state index in [-0.39, 0.29) is 29.7 Å². The molecule has 1 amide bonds. The highest BCUT2D eigenvalue weighted by Gasteiger charge is 2.22. The molecule has 0 saturated carbocycles. The summed E-state index contributed by atoms with van der Waals surface area (Å²) in [5.74, 6) is -2.28. The van der Waals surface area contributed by atoms with Crippen LogP contribution in [-0.4, -0.2) is 31.2 Å². The number of benzene rings is 2. The van der Waals surface area contributed by atoms with Crippen molar-refractivity contribution in [2.45, 2.75) is 39.0 Å². The Bertz CT molecular complexity index is 890. The van der Waals surface area contributed by atoms with Gasteiger partial charge in [-0.1, -0.05) is 24.3 Å². The number of hydrogen-bond acceptors (Lipinski definition) is 3. The van der Waals surface area contributed by atoms with Crippen LogP contribution < -0.4 is 10.2 Å². The molecule has 0 aliphatic carbocycles. The molecular formula is C23H26F2N2O2. The number of rotatable bonds is 5. The van der Waals surface area contributed by atoms with E-state index in [4.69, 9.17) is 4.74 Å². The predicted octanol–water partition coefficient (Wildman–Crippen LogP) is 4.47. The maximum Gasteiger partial charge on any atom is 0.244 e. The quantitative estimate of drug-likeness (QED) is 0.753. The number of carbonyl (C=O) groups is 1. The lowest BCUT2D eigenvalue weighted by Gasteiger charge is -2.37. The number of carbonyl (C=O) groups excluding carboxylic acids is 1. The van der Waals surface area contributed by atoms with Crippen molar-refractivity contribution in [3.8, 4) is 0 Å². The van der Waals surface area contributed by atoms with Crippen LogP contribution in [0, 0.1) is 11.6 Å². The zero-order valence-electron chi connectivity index (χ0n) is 16.9. The topological polar surface area (TPSA) is 41.6 Å². The number of nitrogens with zero attached hydrogens (tertiary/aromatic N) is 1. The van der Waals surface area contributed by atoms with Crippen LogP contribution in [0.4, 0.5) is 14.5 Å². The summed E-state index contributed by atoms with van der Waals surface area (Å²) in [6.07, 6.45) is 2.80. The molecule has 1 saturated heterocycles. The van der Waals surface area contributed by atoms with Gasteiger partial charge in [0.15, 0.2) is 11.6 Å². The average molecular weight is 400 g/mol. The van der Waals surface area contributed by atoms with Crippen LogP contribution in [0.25, 0.3) is 6.08 Å². The number of hydrogen-bond donors (Lipinski definition) is 1. The summed E-state index contributed by atoms with van der Waals surface area (Å²) < 4.78 is 32.7. The van der Waals surface area contributed by atoms with Gasteiger partial charge in [-0.15, -0.1) is 0 Å². The van der Waals surface area contributed by atoms with Crippen molar-refractivity contribution in [3.05, 3.63) is 71.3 Å². The van der Waals surface area contributed by atoms with E-state index in [0.29, 0.717) is 0 Å². The summed E-state index contributed by atoms with van der Waals surface area (Å²) in [5.41, 5.74) is 2.08. The third-order valence-electron chi connectivity index (χ3n) is 4.91. The molecule has 154 valence electrons. The van der Waals surface area contributed by atoms with Crippen LogP contribution in [0.15, 0.2) is 48.5 Å². The maximum absolute atomic E-state index is 13.7. The summed E-state index contributed by atoms with van der Waals surface area (Å²) in [6, 6.07) is 11.7. The maximum atomic E-state index is 13.7. The molecule has 1 aliphatic rings. The molecule has 1 aliphatic heterocycles. The van der Waals surface area contributed by atoms with Crippen LogP contribution in [0.2, 0.25) is 0 Å². The van der Waals surface area contributed by atoms with Crippen molar-refractivity contribution >= 4 is 17.7 Å². The Morgan fingerprint density at radius 3 is 2.59 bits per heavy atom. The second-order valence-corrected chi connectivity index (χ2v) is 7.46. The number of halogens is 2. The van der Waals surface area contributed by atoms with E-state index >= 15 is 0 Å². The molecule has 0 aromatic heterocycles. The molecule has 1 N–H and O–H groups in total. The Morgan fingerprint density at radius 1 is 1.17 bits per heavy atom. The van der Waals surface area contributed by atoms with Crippen LogP contribution in [0.5, 0.6) is 0 Å². The molecule has 0 spiro atoms. The van der Waals surface area contributed by atoms with Gasteiger partial charge in [-0.2, -0.15) is 0 Å². The van der Waals surface area contributed by atoms with Gasteiger partial charge < -0.3 is 15.0 Å². The lowest BCUT2D eigenvalue weighted by atomic mass is 10.1. The van der Waals surface area contributed by atoms with Gasteiger partial charge >= 0.3 is 0 Å². The summed E-state index contributed by atoms with van der Waals surface area (Å²) in [6.45, 7) is 7.64. The average Bonchev–Trinajstić information content (AvgIpc) is 2.68. The molecule has 2 aromatic rings. The highest BCUT2D eigenvalue weighted by Crippen LogP contribution is 2.24. The summed E-state index contributed by atoms with van der Waals surface area (Å²) in [7, 11) is 0. The highest BCUT2D eigenvalue weighted by molar-refractivity contribution is 5.92. The third kappa shape index (κ3) is 5.41. The predicted molar refractivity (Wildman–Crippen MR) is 111 cm³/mol. The standard InChI is InChI=1S/C23H26F2N2O2/c1-15-13-27(14-16(2)29-15)20-8-4-7-19(12-20)17(3)26-22(28)11-10-18-6-5-9-21(24)23(18)25/h4-12,15-17H,13-14H2,1-3H3,(H,26,28)/t15-,16+,17-/m0/s1. The molecule has 3 atom stereocenters. The van der Waals surface area contributed by atoms with Gasteiger partial charge in [-0.05, 0) is 50.6 Å². The minimum Gasteiger partial charge on any atom is -0.372 e. The first-order valence-electron chi connectivity index (χ1n) is 9.76. The van der Waals surface area contributed by atoms with Crippen LogP contribution in [-0.2, 0) is 9.53 Å². The van der Waals surface area contributed by atoms with Crippen molar-refractivity contribution in [1.29, 1.82) is 0 Å². The van der Waals surface area contributed by atoms with E-state index in [1.807, 2.05) is 19.1 Å². The van der Waals surface area contributed by atoms with Gasteiger partial charge in [0.2, 0.25) is 5.91 Å². The molecular weight excluding hydrogens is 374 g/mol. The molecule has 1 heterocycles. The number of morpholine rings is 1. The molecule has 0 bridgehead atoms. The van der Waals surface area contributed by atoms with E-state index in [9.17, 15) is 13.6 Å². The van der Waals surface area contributed by atoms with Crippen molar-refractivity contribution in [2.75, 3.05) is 18.0 Å². The number of amides is 1. The molecule has 0 unspecified atom stereocenters. The van der Waals surface area contributed by atoms with Gasteiger partial charge in [0, 0.05) is 30.4 Å². The van der Waals surface area contributed by atoms with Crippen LogP contribution in [0.3, 0.4) is 0 Å². The first-order valence-corrected chi connectivity index (χ1v) is 9.76. The number of anilines is 1. The molecule has 1 fully saturated rings. The fourth-order valence-corrected chi connectivity index (χ4v) is 3.54. The Hall–Kier alpha value is -2.73. The molecule has 3 rings (SSSR count). The smallest absolute Gasteiger partial charge is 0.244 e. The highest BCUT2D eigenvalue weighted by atomic mass is 19.2. The molecule has 2 aromatic carbocycles. The number of ether oxygens (including phenoxy) is 1.